The van der Waals surface area contributed by atoms with Crippen LogP contribution in [0.5, 0.6) is 11.5 Å². The highest BCUT2D eigenvalue weighted by molar-refractivity contribution is 7.17. The number of carboxylic acid groups (broad SMARTS) is 1. The number of nitrogens with zero attached hydrogens (tertiary/aromatic N) is 3. The Morgan fingerprint density at radius 2 is 1.79 bits per heavy atom. The van der Waals surface area contributed by atoms with Crippen molar-refractivity contribution in [1.29, 1.82) is 0 Å². The van der Waals surface area contributed by atoms with Gasteiger partial charge in [0, 0.05) is 24.6 Å². The first-order valence-corrected chi connectivity index (χ1v) is 13.0. The second-order valence-corrected chi connectivity index (χ2v) is 9.78. The molecular weight excluding hydrogens is 574 g/mol. The number of Topliss-reactive ketones (excluding diaryl/α,β-unsaturated/α-hetero) is 1. The van der Waals surface area contributed by atoms with Crippen LogP contribution in [0.3, 0.4) is 0 Å². The summed E-state index contributed by atoms with van der Waals surface area (Å²) in [5.74, 6) is -3.27. The lowest BCUT2D eigenvalue weighted by atomic mass is 9.95. The van der Waals surface area contributed by atoms with Gasteiger partial charge in [0.25, 0.3) is 17.4 Å². The van der Waals surface area contributed by atoms with Gasteiger partial charge >= 0.3 is 11.9 Å². The van der Waals surface area contributed by atoms with Crippen LogP contribution < -0.4 is 14.4 Å². The number of ketones is 1. The maximum atomic E-state index is 13.4. The van der Waals surface area contributed by atoms with Crippen molar-refractivity contribution in [2.24, 2.45) is 0 Å². The largest absolute Gasteiger partial charge is 0.507 e. The van der Waals surface area contributed by atoms with Gasteiger partial charge < -0.3 is 24.4 Å². The number of rotatable bonds is 5. The van der Waals surface area contributed by atoms with Crippen molar-refractivity contribution >= 4 is 51.5 Å². The summed E-state index contributed by atoms with van der Waals surface area (Å²) in [6.07, 6.45) is 0. The van der Waals surface area contributed by atoms with Gasteiger partial charge in [-0.25, -0.2) is 9.78 Å². The highest BCUT2D eigenvalue weighted by atomic mass is 32.1. The molecule has 1 amide bonds. The Balaban J connectivity index is 0.000000952. The minimum absolute atomic E-state index is 0.0114. The Labute approximate surface area is 241 Å². The van der Waals surface area contributed by atoms with E-state index in [1.54, 1.807) is 13.0 Å². The highest BCUT2D eigenvalue weighted by Gasteiger charge is 2.48. The monoisotopic (exact) mass is 597 g/mol. The zero-order chi connectivity index (χ0) is 30.7. The molecule has 0 radical (unpaired) electrons. The number of esters is 1. The summed E-state index contributed by atoms with van der Waals surface area (Å²) in [7, 11) is 1.20. The fraction of sp³-hybridized carbons (Fsp3) is 0.222. The number of carbonyl (C=O) groups excluding carboxylic acids is 3. The first-order valence-electron chi connectivity index (χ1n) is 12.1. The van der Waals surface area contributed by atoms with Crippen LogP contribution in [0.15, 0.2) is 48.0 Å². The second kappa shape index (κ2) is 12.1. The molecule has 15 heteroatoms. The average molecular weight is 598 g/mol. The molecule has 0 saturated carbocycles. The maximum Gasteiger partial charge on any atom is 0.350 e. The molecular formula is C27H23N3O11S. The fourth-order valence-corrected chi connectivity index (χ4v) is 5.28. The minimum atomic E-state index is -1.28. The van der Waals surface area contributed by atoms with E-state index in [4.69, 9.17) is 24.1 Å². The van der Waals surface area contributed by atoms with Gasteiger partial charge in [-0.1, -0.05) is 23.5 Å². The van der Waals surface area contributed by atoms with Gasteiger partial charge in [-0.05, 0) is 30.7 Å². The third-order valence-electron chi connectivity index (χ3n) is 6.02. The number of anilines is 1. The van der Waals surface area contributed by atoms with Crippen molar-refractivity contribution in [3.05, 3.63) is 79.8 Å². The predicted molar refractivity (Wildman–Crippen MR) is 147 cm³/mol. The number of aryl methyl sites for hydroxylation is 1. The molecule has 0 aliphatic carbocycles. The number of carbonyl (C=O) groups is 4. The van der Waals surface area contributed by atoms with Crippen LogP contribution in [0.25, 0.3) is 5.76 Å². The molecule has 2 aliphatic rings. The number of hydrogen-bond donors (Lipinski definition) is 2. The number of aliphatic hydroxyl groups is 1. The van der Waals surface area contributed by atoms with Crippen LogP contribution in [0, 0.1) is 17.0 Å². The topological polar surface area (TPSA) is 196 Å². The van der Waals surface area contributed by atoms with Gasteiger partial charge in [0.05, 0.1) is 29.3 Å². The summed E-state index contributed by atoms with van der Waals surface area (Å²) in [5, 5.41) is 30.2. The number of aliphatic carboxylic acids is 1. The number of nitro benzene ring substituents is 1. The number of fused-ring (bicyclic) bond motifs is 1. The first-order chi connectivity index (χ1) is 19.9. The lowest BCUT2D eigenvalue weighted by molar-refractivity contribution is -0.384. The van der Waals surface area contributed by atoms with E-state index in [0.29, 0.717) is 24.7 Å². The molecule has 1 saturated heterocycles. The Bertz CT molecular complexity index is 1640. The SMILES string of the molecule is CC(=O)O.COC(=O)c1sc(N2C(=O)C(=O)C(=C(O)c3ccc4c(c3)OCCO4)C2c2cccc([N+](=O)[O-])c2)nc1C. The smallest absolute Gasteiger partial charge is 0.350 e. The van der Waals surface area contributed by atoms with E-state index in [9.17, 15) is 29.6 Å². The number of nitro groups is 1. The van der Waals surface area contributed by atoms with E-state index < -0.39 is 40.4 Å². The summed E-state index contributed by atoms with van der Waals surface area (Å²) in [6.45, 7) is 3.28. The zero-order valence-electron chi connectivity index (χ0n) is 22.4. The van der Waals surface area contributed by atoms with E-state index in [1.807, 2.05) is 0 Å². The number of aromatic nitrogens is 1. The molecule has 2 aromatic carbocycles. The molecule has 42 heavy (non-hydrogen) atoms. The van der Waals surface area contributed by atoms with Crippen molar-refractivity contribution in [3.8, 4) is 11.5 Å². The minimum Gasteiger partial charge on any atom is -0.507 e. The molecule has 1 unspecified atom stereocenters. The molecule has 3 aromatic rings. The van der Waals surface area contributed by atoms with Crippen LogP contribution >= 0.6 is 11.3 Å². The molecule has 218 valence electrons. The third-order valence-corrected chi connectivity index (χ3v) is 7.16. The van der Waals surface area contributed by atoms with Gasteiger partial charge in [0.2, 0.25) is 0 Å². The number of hydrogen-bond acceptors (Lipinski definition) is 12. The molecule has 0 spiro atoms. The number of non-ortho nitro benzene ring substituents is 1. The molecule has 0 bridgehead atoms. The van der Waals surface area contributed by atoms with E-state index in [2.05, 4.69) is 4.98 Å². The molecule has 5 rings (SSSR count). The molecule has 1 aromatic heterocycles. The van der Waals surface area contributed by atoms with Gasteiger partial charge in [0.1, 0.15) is 23.9 Å². The van der Waals surface area contributed by atoms with Crippen molar-refractivity contribution in [2.75, 3.05) is 25.2 Å². The standard InChI is InChI=1S/C25H19N3O9S.C2H4O2/c1-12-22(24(32)35-2)38-25(26-12)27-19(13-4-3-5-15(10-13)28(33)34)18(21(30)23(27)31)20(29)14-6-7-16-17(11-14)37-9-8-36-16;1-2(3)4/h3-7,10-11,19,29H,8-9H2,1-2H3;1H3,(H,3,4). The Kier molecular flexibility index (Phi) is 8.51. The molecule has 2 N–H and O–H groups in total. The number of aliphatic hydroxyl groups excluding tert-OH is 1. The lowest BCUT2D eigenvalue weighted by Crippen LogP contribution is -2.29. The maximum absolute atomic E-state index is 13.4. The molecule has 1 fully saturated rings. The van der Waals surface area contributed by atoms with Gasteiger partial charge in [-0.15, -0.1) is 0 Å². The zero-order valence-corrected chi connectivity index (χ0v) is 23.2. The van der Waals surface area contributed by atoms with Gasteiger partial charge in [0.15, 0.2) is 16.6 Å². The molecule has 14 nitrogen and oxygen atoms in total. The van der Waals surface area contributed by atoms with Crippen LogP contribution in [-0.2, 0) is 19.1 Å². The van der Waals surface area contributed by atoms with E-state index in [0.717, 1.165) is 23.2 Å². The van der Waals surface area contributed by atoms with Crippen molar-refractivity contribution in [1.82, 2.24) is 4.98 Å². The highest BCUT2D eigenvalue weighted by Crippen LogP contribution is 2.45. The van der Waals surface area contributed by atoms with Crippen molar-refractivity contribution in [3.63, 3.8) is 0 Å². The second-order valence-electron chi connectivity index (χ2n) is 8.80. The predicted octanol–water partition coefficient (Wildman–Crippen LogP) is 3.63. The van der Waals surface area contributed by atoms with Crippen LogP contribution in [0.2, 0.25) is 0 Å². The Hall–Kier alpha value is -5.31. The fourth-order valence-electron chi connectivity index (χ4n) is 4.27. The number of benzene rings is 2. The summed E-state index contributed by atoms with van der Waals surface area (Å²) in [6, 6.07) is 8.64. The first kappa shape index (κ1) is 29.7. The number of ether oxygens (including phenoxy) is 3. The van der Waals surface area contributed by atoms with Crippen molar-refractivity contribution in [2.45, 2.75) is 19.9 Å². The van der Waals surface area contributed by atoms with Crippen molar-refractivity contribution < 1.29 is 48.5 Å². The summed E-state index contributed by atoms with van der Waals surface area (Å²) in [4.78, 5) is 64.2. The van der Waals surface area contributed by atoms with E-state index >= 15 is 0 Å². The third kappa shape index (κ3) is 5.76. The lowest BCUT2D eigenvalue weighted by Gasteiger charge is -2.23. The summed E-state index contributed by atoms with van der Waals surface area (Å²) in [5.41, 5.74) is 0.0410. The van der Waals surface area contributed by atoms with Crippen LogP contribution in [-0.4, -0.2) is 64.1 Å². The molecule has 2 aliphatic heterocycles. The van der Waals surface area contributed by atoms with Gasteiger partial charge in [-0.2, -0.15) is 0 Å². The number of carboxylic acids is 1. The molecule has 3 heterocycles. The number of amides is 1. The van der Waals surface area contributed by atoms with Crippen LogP contribution in [0.4, 0.5) is 10.8 Å². The number of methoxy groups -OCH3 is 1. The Morgan fingerprint density at radius 1 is 1.12 bits per heavy atom. The normalized spacial score (nSPS) is 16.8. The van der Waals surface area contributed by atoms with Crippen LogP contribution in [0.1, 0.15) is 39.5 Å². The Morgan fingerprint density at radius 3 is 2.43 bits per heavy atom. The quantitative estimate of drug-likeness (QED) is 0.108. The van der Waals surface area contributed by atoms with E-state index in [1.165, 1.54) is 43.5 Å². The number of thiazole rings is 1. The average Bonchev–Trinajstić information content (AvgIpc) is 3.47. The molecule has 1 atom stereocenters. The summed E-state index contributed by atoms with van der Waals surface area (Å²) < 4.78 is 15.8. The van der Waals surface area contributed by atoms with Gasteiger partial charge in [-0.3, -0.25) is 29.4 Å². The summed E-state index contributed by atoms with van der Waals surface area (Å²) >= 11 is 0.825. The van der Waals surface area contributed by atoms with E-state index in [-0.39, 0.29) is 38.1 Å².